The Labute approximate surface area is 114 Å². The monoisotopic (exact) mass is 263 g/mol. The van der Waals surface area contributed by atoms with Gasteiger partial charge in [0.25, 0.3) is 0 Å². The van der Waals surface area contributed by atoms with Crippen LogP contribution < -0.4 is 5.32 Å². The second-order valence-electron chi connectivity index (χ2n) is 6.11. The average molecular weight is 263 g/mol. The average Bonchev–Trinajstić information content (AvgIpc) is 2.40. The largest absolute Gasteiger partial charge is 0.316 e. The summed E-state index contributed by atoms with van der Waals surface area (Å²) in [5.41, 5.74) is 1.44. The second-order valence-corrected chi connectivity index (χ2v) is 6.11. The van der Waals surface area contributed by atoms with Crippen LogP contribution in [-0.4, -0.2) is 36.1 Å². The lowest BCUT2D eigenvalue weighted by Crippen LogP contribution is -2.50. The van der Waals surface area contributed by atoms with Gasteiger partial charge >= 0.3 is 0 Å². The van der Waals surface area contributed by atoms with E-state index in [1.54, 1.807) is 12.3 Å². The van der Waals surface area contributed by atoms with Crippen molar-refractivity contribution in [2.24, 2.45) is 5.41 Å². The number of likely N-dealkylation sites (tertiary alicyclic amines) is 1. The number of nitrogens with zero attached hydrogens (tertiary/aromatic N) is 2. The Morgan fingerprint density at radius 1 is 1.32 bits per heavy atom. The van der Waals surface area contributed by atoms with Crippen LogP contribution in [-0.2, 0) is 6.54 Å². The molecule has 0 amide bonds. The molecule has 0 saturated carbocycles. The molecule has 0 bridgehead atoms. The summed E-state index contributed by atoms with van der Waals surface area (Å²) in [7, 11) is 0. The molecule has 0 aromatic carbocycles. The fraction of sp³-hybridized carbons (Fsp3) is 0.667. The van der Waals surface area contributed by atoms with E-state index in [2.05, 4.69) is 15.2 Å². The molecule has 2 aliphatic rings. The Morgan fingerprint density at radius 2 is 2.21 bits per heavy atom. The summed E-state index contributed by atoms with van der Waals surface area (Å²) in [6.45, 7) is 5.39. The molecule has 1 unspecified atom stereocenters. The normalized spacial score (nSPS) is 28.7. The summed E-state index contributed by atoms with van der Waals surface area (Å²) < 4.78 is 13.2. The molecule has 1 aromatic heterocycles. The summed E-state index contributed by atoms with van der Waals surface area (Å²) in [6.07, 6.45) is 8.26. The third-order valence-electron chi connectivity index (χ3n) is 4.47. The molecule has 1 spiro atoms. The van der Waals surface area contributed by atoms with Gasteiger partial charge in [0, 0.05) is 25.8 Å². The van der Waals surface area contributed by atoms with Gasteiger partial charge in [-0.05, 0) is 55.8 Å². The maximum Gasteiger partial charge on any atom is 0.141 e. The van der Waals surface area contributed by atoms with Gasteiger partial charge in [0.05, 0.1) is 6.20 Å². The molecule has 3 rings (SSSR count). The number of hydrogen-bond donors (Lipinski definition) is 1. The zero-order chi connectivity index (χ0) is 13.1. The minimum absolute atomic E-state index is 0.233. The molecule has 2 fully saturated rings. The van der Waals surface area contributed by atoms with Gasteiger partial charge in [-0.1, -0.05) is 0 Å². The lowest BCUT2D eigenvalue weighted by atomic mass is 9.74. The summed E-state index contributed by atoms with van der Waals surface area (Å²) in [6, 6.07) is 1.60. The van der Waals surface area contributed by atoms with Gasteiger partial charge in [-0.3, -0.25) is 9.88 Å². The molecule has 19 heavy (non-hydrogen) atoms. The molecule has 4 heteroatoms. The van der Waals surface area contributed by atoms with Gasteiger partial charge in [-0.15, -0.1) is 0 Å². The van der Waals surface area contributed by atoms with E-state index in [-0.39, 0.29) is 5.82 Å². The Kier molecular flexibility index (Phi) is 3.80. The van der Waals surface area contributed by atoms with Crippen molar-refractivity contribution in [3.8, 4) is 0 Å². The summed E-state index contributed by atoms with van der Waals surface area (Å²) >= 11 is 0. The van der Waals surface area contributed by atoms with E-state index in [1.807, 2.05) is 0 Å². The van der Waals surface area contributed by atoms with Gasteiger partial charge < -0.3 is 5.32 Å². The first-order valence-electron chi connectivity index (χ1n) is 7.28. The van der Waals surface area contributed by atoms with Gasteiger partial charge in [0.15, 0.2) is 0 Å². The fourth-order valence-electron chi connectivity index (χ4n) is 3.62. The molecule has 1 aromatic rings. The lowest BCUT2D eigenvalue weighted by Gasteiger charge is -2.45. The predicted octanol–water partition coefficient (Wildman–Crippen LogP) is 2.19. The minimum Gasteiger partial charge on any atom is -0.316 e. The molecule has 0 aliphatic carbocycles. The SMILES string of the molecule is Fc1cncc(CN2CCCC3(CCCNC3)C2)c1. The van der Waals surface area contributed by atoms with Crippen LogP contribution in [0, 0.1) is 11.2 Å². The highest BCUT2D eigenvalue weighted by atomic mass is 19.1. The van der Waals surface area contributed by atoms with Crippen LogP contribution in [0.25, 0.3) is 0 Å². The van der Waals surface area contributed by atoms with Crippen LogP contribution in [0.5, 0.6) is 0 Å². The molecule has 3 nitrogen and oxygen atoms in total. The van der Waals surface area contributed by atoms with Crippen molar-refractivity contribution in [1.29, 1.82) is 0 Å². The van der Waals surface area contributed by atoms with Gasteiger partial charge in [-0.2, -0.15) is 0 Å². The van der Waals surface area contributed by atoms with E-state index in [9.17, 15) is 4.39 Å². The van der Waals surface area contributed by atoms with Crippen molar-refractivity contribution >= 4 is 0 Å². The smallest absolute Gasteiger partial charge is 0.141 e. The van der Waals surface area contributed by atoms with Crippen LogP contribution in [0.4, 0.5) is 4.39 Å². The Balaban J connectivity index is 1.65. The van der Waals surface area contributed by atoms with Crippen molar-refractivity contribution in [3.05, 3.63) is 29.8 Å². The lowest BCUT2D eigenvalue weighted by molar-refractivity contribution is 0.0599. The van der Waals surface area contributed by atoms with Gasteiger partial charge in [0.1, 0.15) is 5.82 Å². The third kappa shape index (κ3) is 3.12. The third-order valence-corrected chi connectivity index (χ3v) is 4.47. The summed E-state index contributed by atoms with van der Waals surface area (Å²) in [4.78, 5) is 6.40. The topological polar surface area (TPSA) is 28.2 Å². The van der Waals surface area contributed by atoms with Crippen LogP contribution >= 0.6 is 0 Å². The summed E-state index contributed by atoms with van der Waals surface area (Å²) in [5, 5.41) is 3.54. The maximum atomic E-state index is 13.2. The quantitative estimate of drug-likeness (QED) is 0.886. The molecule has 0 radical (unpaired) electrons. The Morgan fingerprint density at radius 3 is 3.00 bits per heavy atom. The minimum atomic E-state index is -0.233. The van der Waals surface area contributed by atoms with Crippen molar-refractivity contribution in [3.63, 3.8) is 0 Å². The van der Waals surface area contributed by atoms with E-state index in [0.29, 0.717) is 5.41 Å². The van der Waals surface area contributed by atoms with Crippen molar-refractivity contribution in [2.75, 3.05) is 26.2 Å². The van der Waals surface area contributed by atoms with Crippen molar-refractivity contribution in [1.82, 2.24) is 15.2 Å². The first-order valence-corrected chi connectivity index (χ1v) is 7.28. The van der Waals surface area contributed by atoms with Crippen LogP contribution in [0.2, 0.25) is 0 Å². The van der Waals surface area contributed by atoms with E-state index >= 15 is 0 Å². The Hall–Kier alpha value is -1.00. The second kappa shape index (κ2) is 5.55. The van der Waals surface area contributed by atoms with Gasteiger partial charge in [-0.25, -0.2) is 4.39 Å². The number of nitrogens with one attached hydrogen (secondary N) is 1. The number of aromatic nitrogens is 1. The van der Waals surface area contributed by atoms with Crippen molar-refractivity contribution < 1.29 is 4.39 Å². The molecular formula is C15H22FN3. The van der Waals surface area contributed by atoms with Gasteiger partial charge in [0.2, 0.25) is 0 Å². The van der Waals surface area contributed by atoms with E-state index in [4.69, 9.17) is 0 Å². The highest BCUT2D eigenvalue weighted by Crippen LogP contribution is 2.36. The number of hydrogen-bond acceptors (Lipinski definition) is 3. The van der Waals surface area contributed by atoms with Crippen molar-refractivity contribution in [2.45, 2.75) is 32.2 Å². The molecule has 1 atom stereocenters. The van der Waals surface area contributed by atoms with Crippen LogP contribution in [0.1, 0.15) is 31.2 Å². The molecule has 1 N–H and O–H groups in total. The zero-order valence-corrected chi connectivity index (χ0v) is 11.4. The van der Waals surface area contributed by atoms with E-state index in [0.717, 1.165) is 38.3 Å². The predicted molar refractivity (Wildman–Crippen MR) is 73.2 cm³/mol. The number of halogens is 1. The van der Waals surface area contributed by atoms with E-state index in [1.165, 1.54) is 31.9 Å². The molecule has 2 aliphatic heterocycles. The first kappa shape index (κ1) is 13.0. The number of rotatable bonds is 2. The standard InChI is InChI=1S/C15H22FN3/c16-14-7-13(8-18-9-14)10-19-6-2-4-15(12-19)3-1-5-17-11-15/h7-9,17H,1-6,10-12H2. The molecular weight excluding hydrogens is 241 g/mol. The molecule has 104 valence electrons. The van der Waals surface area contributed by atoms with Crippen LogP contribution in [0.3, 0.4) is 0 Å². The van der Waals surface area contributed by atoms with Crippen LogP contribution in [0.15, 0.2) is 18.5 Å². The van der Waals surface area contributed by atoms with E-state index < -0.39 is 0 Å². The molecule has 3 heterocycles. The Bertz CT molecular complexity index is 424. The summed E-state index contributed by atoms with van der Waals surface area (Å²) in [5.74, 6) is -0.233. The molecule has 2 saturated heterocycles. The number of piperidine rings is 2. The number of pyridine rings is 1. The fourth-order valence-corrected chi connectivity index (χ4v) is 3.62. The first-order chi connectivity index (χ1) is 9.26. The highest BCUT2D eigenvalue weighted by molar-refractivity contribution is 5.10. The highest BCUT2D eigenvalue weighted by Gasteiger charge is 2.36. The zero-order valence-electron chi connectivity index (χ0n) is 11.4. The maximum absolute atomic E-state index is 13.2.